The van der Waals surface area contributed by atoms with Gasteiger partial charge >= 0.3 is 0 Å². The molecule has 0 aliphatic carbocycles. The normalized spacial score (nSPS) is 10.8. The van der Waals surface area contributed by atoms with Crippen LogP contribution in [0.4, 0.5) is 20.2 Å². The summed E-state index contributed by atoms with van der Waals surface area (Å²) in [6, 6.07) is 13.1. The second kappa shape index (κ2) is 8.10. The predicted octanol–water partition coefficient (Wildman–Crippen LogP) is 4.56. The number of carbonyl (C=O) groups excluding carboxylic acids is 1. The fourth-order valence-corrected chi connectivity index (χ4v) is 3.12. The van der Waals surface area contributed by atoms with Gasteiger partial charge in [-0.15, -0.1) is 0 Å². The van der Waals surface area contributed by atoms with Crippen LogP contribution in [0.2, 0.25) is 0 Å². The molecule has 0 bridgehead atoms. The smallest absolute Gasteiger partial charge is 0.252 e. The molecule has 0 atom stereocenters. The lowest BCUT2D eigenvalue weighted by Gasteiger charge is -2.09. The van der Waals surface area contributed by atoms with Crippen LogP contribution in [0.5, 0.6) is 0 Å². The first kappa shape index (κ1) is 18.6. The number of H-pyrrole nitrogens is 1. The van der Waals surface area contributed by atoms with Crippen LogP contribution in [0.3, 0.4) is 0 Å². The Kier molecular flexibility index (Phi) is 5.20. The highest BCUT2D eigenvalue weighted by Gasteiger charge is 2.09. The fourth-order valence-electron chi connectivity index (χ4n) is 3.12. The lowest BCUT2D eigenvalue weighted by atomic mass is 10.1. The zero-order valence-corrected chi connectivity index (χ0v) is 15.4. The fraction of sp³-hybridized carbons (Fsp3) is 0.0909. The van der Waals surface area contributed by atoms with E-state index in [-0.39, 0.29) is 5.91 Å². The van der Waals surface area contributed by atoms with Gasteiger partial charge in [-0.05, 0) is 36.2 Å². The van der Waals surface area contributed by atoms with Crippen LogP contribution in [0.15, 0.2) is 67.1 Å². The minimum absolute atomic E-state index is 0.258. The molecule has 2 aromatic carbocycles. The number of pyridine rings is 1. The maximum atomic E-state index is 13.3. The minimum atomic E-state index is -0.950. The summed E-state index contributed by atoms with van der Waals surface area (Å²) in [6.45, 7) is 0.474. The summed E-state index contributed by atoms with van der Waals surface area (Å²) < 4.78 is 26.4. The van der Waals surface area contributed by atoms with Crippen LogP contribution in [0, 0.1) is 11.6 Å². The Hall–Kier alpha value is -3.74. The largest absolute Gasteiger partial charge is 0.361 e. The Morgan fingerprint density at radius 1 is 1.00 bits per heavy atom. The standard InChI is InChI=1S/C22H18F2N4O/c23-19-6-5-16(10-20(19)24)28-17-9-15(11-25-13-17)22(29)26-8-7-14-12-27-21-4-2-1-3-18(14)21/h1-6,9-13,27-28H,7-8H2,(H,26,29). The second-order valence-electron chi connectivity index (χ2n) is 6.58. The number of carbonyl (C=O) groups is 1. The molecule has 0 saturated carbocycles. The van der Waals surface area contributed by atoms with E-state index in [4.69, 9.17) is 0 Å². The van der Waals surface area contributed by atoms with Gasteiger partial charge in [0, 0.05) is 41.6 Å². The van der Waals surface area contributed by atoms with Crippen molar-refractivity contribution in [3.8, 4) is 0 Å². The Balaban J connectivity index is 1.38. The van der Waals surface area contributed by atoms with Crippen molar-refractivity contribution in [2.24, 2.45) is 0 Å². The molecule has 2 aromatic heterocycles. The van der Waals surface area contributed by atoms with Gasteiger partial charge in [-0.3, -0.25) is 9.78 Å². The van der Waals surface area contributed by atoms with E-state index >= 15 is 0 Å². The molecule has 29 heavy (non-hydrogen) atoms. The molecule has 0 aliphatic rings. The van der Waals surface area contributed by atoms with Crippen molar-refractivity contribution in [3.63, 3.8) is 0 Å². The summed E-state index contributed by atoms with van der Waals surface area (Å²) in [6.07, 6.45) is 5.60. The van der Waals surface area contributed by atoms with Crippen LogP contribution >= 0.6 is 0 Å². The molecule has 0 fully saturated rings. The zero-order valence-electron chi connectivity index (χ0n) is 15.4. The Labute approximate surface area is 165 Å². The third-order valence-corrected chi connectivity index (χ3v) is 4.56. The van der Waals surface area contributed by atoms with E-state index in [2.05, 4.69) is 20.6 Å². The number of aromatic nitrogens is 2. The van der Waals surface area contributed by atoms with Gasteiger partial charge in [-0.25, -0.2) is 8.78 Å². The number of nitrogens with zero attached hydrogens (tertiary/aromatic N) is 1. The van der Waals surface area contributed by atoms with Crippen LogP contribution in [-0.2, 0) is 6.42 Å². The minimum Gasteiger partial charge on any atom is -0.361 e. The van der Waals surface area contributed by atoms with Gasteiger partial charge in [0.05, 0.1) is 17.4 Å². The molecule has 7 heteroatoms. The molecule has 3 N–H and O–H groups in total. The van der Waals surface area contributed by atoms with Gasteiger partial charge < -0.3 is 15.6 Å². The number of anilines is 2. The molecule has 0 saturated heterocycles. The third-order valence-electron chi connectivity index (χ3n) is 4.56. The van der Waals surface area contributed by atoms with E-state index in [9.17, 15) is 13.6 Å². The van der Waals surface area contributed by atoms with Crippen LogP contribution < -0.4 is 10.6 Å². The molecule has 0 spiro atoms. The van der Waals surface area contributed by atoms with E-state index in [0.717, 1.165) is 28.6 Å². The average Bonchev–Trinajstić information content (AvgIpc) is 3.14. The average molecular weight is 392 g/mol. The monoisotopic (exact) mass is 392 g/mol. The number of amides is 1. The van der Waals surface area contributed by atoms with Crippen molar-refractivity contribution < 1.29 is 13.6 Å². The first-order valence-corrected chi connectivity index (χ1v) is 9.10. The van der Waals surface area contributed by atoms with Gasteiger partial charge in [0.1, 0.15) is 0 Å². The molecule has 146 valence electrons. The number of para-hydroxylation sites is 1. The Morgan fingerprint density at radius 3 is 2.72 bits per heavy atom. The van der Waals surface area contributed by atoms with Gasteiger partial charge in [-0.2, -0.15) is 0 Å². The van der Waals surface area contributed by atoms with Crippen molar-refractivity contribution >= 4 is 28.2 Å². The van der Waals surface area contributed by atoms with Gasteiger partial charge in [0.25, 0.3) is 5.91 Å². The van der Waals surface area contributed by atoms with Crippen molar-refractivity contribution in [2.45, 2.75) is 6.42 Å². The van der Waals surface area contributed by atoms with Crippen molar-refractivity contribution in [1.82, 2.24) is 15.3 Å². The molecule has 2 heterocycles. The van der Waals surface area contributed by atoms with E-state index in [1.807, 2.05) is 30.5 Å². The summed E-state index contributed by atoms with van der Waals surface area (Å²) in [7, 11) is 0. The Morgan fingerprint density at radius 2 is 1.86 bits per heavy atom. The third kappa shape index (κ3) is 4.24. The molecule has 0 radical (unpaired) electrons. The molecule has 0 unspecified atom stereocenters. The van der Waals surface area contributed by atoms with Gasteiger partial charge in [0.2, 0.25) is 0 Å². The highest BCUT2D eigenvalue weighted by atomic mass is 19.2. The Bertz CT molecular complexity index is 1170. The van der Waals surface area contributed by atoms with Crippen LogP contribution in [0.1, 0.15) is 15.9 Å². The number of benzene rings is 2. The van der Waals surface area contributed by atoms with E-state index in [1.54, 1.807) is 6.07 Å². The topological polar surface area (TPSA) is 69.8 Å². The van der Waals surface area contributed by atoms with Crippen molar-refractivity contribution in [2.75, 3.05) is 11.9 Å². The summed E-state index contributed by atoms with van der Waals surface area (Å²) in [5, 5.41) is 6.93. The summed E-state index contributed by atoms with van der Waals surface area (Å²) in [5.41, 5.74) is 3.43. The van der Waals surface area contributed by atoms with Crippen molar-refractivity contribution in [1.29, 1.82) is 0 Å². The van der Waals surface area contributed by atoms with E-state index < -0.39 is 11.6 Å². The van der Waals surface area contributed by atoms with E-state index in [1.165, 1.54) is 18.5 Å². The number of rotatable bonds is 6. The zero-order chi connectivity index (χ0) is 20.2. The van der Waals surface area contributed by atoms with Crippen molar-refractivity contribution in [3.05, 3.63) is 89.9 Å². The number of fused-ring (bicyclic) bond motifs is 1. The molecular weight excluding hydrogens is 374 g/mol. The first-order chi connectivity index (χ1) is 14.1. The predicted molar refractivity (Wildman–Crippen MR) is 108 cm³/mol. The molecule has 5 nitrogen and oxygen atoms in total. The number of hydrogen-bond donors (Lipinski definition) is 3. The number of hydrogen-bond acceptors (Lipinski definition) is 3. The van der Waals surface area contributed by atoms with Gasteiger partial charge in [0.15, 0.2) is 11.6 Å². The van der Waals surface area contributed by atoms with Gasteiger partial charge in [-0.1, -0.05) is 18.2 Å². The highest BCUT2D eigenvalue weighted by Crippen LogP contribution is 2.20. The lowest BCUT2D eigenvalue weighted by molar-refractivity contribution is 0.0954. The van der Waals surface area contributed by atoms with Crippen LogP contribution in [0.25, 0.3) is 10.9 Å². The summed E-state index contributed by atoms with van der Waals surface area (Å²) >= 11 is 0. The summed E-state index contributed by atoms with van der Waals surface area (Å²) in [4.78, 5) is 19.7. The second-order valence-corrected chi connectivity index (χ2v) is 6.58. The quantitative estimate of drug-likeness (QED) is 0.451. The highest BCUT2D eigenvalue weighted by molar-refractivity contribution is 5.95. The molecule has 1 amide bonds. The maximum absolute atomic E-state index is 13.3. The molecule has 4 rings (SSSR count). The summed E-state index contributed by atoms with van der Waals surface area (Å²) in [5.74, 6) is -2.13. The first-order valence-electron chi connectivity index (χ1n) is 9.10. The van der Waals surface area contributed by atoms with Crippen LogP contribution in [-0.4, -0.2) is 22.4 Å². The number of halogens is 2. The lowest BCUT2D eigenvalue weighted by Crippen LogP contribution is -2.25. The number of nitrogens with one attached hydrogen (secondary N) is 3. The maximum Gasteiger partial charge on any atom is 0.252 e. The SMILES string of the molecule is O=C(NCCc1c[nH]c2ccccc12)c1cncc(Nc2ccc(F)c(F)c2)c1. The number of aromatic amines is 1. The molecule has 4 aromatic rings. The van der Waals surface area contributed by atoms with E-state index in [0.29, 0.717) is 29.9 Å². The molecular formula is C22H18F2N4O. The molecule has 0 aliphatic heterocycles.